The van der Waals surface area contributed by atoms with Gasteiger partial charge in [-0.05, 0) is 46.6 Å². The summed E-state index contributed by atoms with van der Waals surface area (Å²) in [4.78, 5) is 34.7. The predicted molar refractivity (Wildman–Crippen MR) is 157 cm³/mol. The summed E-state index contributed by atoms with van der Waals surface area (Å²) < 4.78 is 38.6. The highest BCUT2D eigenvalue weighted by molar-refractivity contribution is 6.30. The van der Waals surface area contributed by atoms with Crippen molar-refractivity contribution in [2.75, 3.05) is 49.7 Å². The maximum Gasteiger partial charge on any atom is 0.413 e. The number of carbonyl (C=O) groups excluding carboxylic acids is 1. The molecule has 2 fully saturated rings. The fourth-order valence-corrected chi connectivity index (χ4v) is 6.07. The van der Waals surface area contributed by atoms with E-state index < -0.39 is 23.6 Å². The van der Waals surface area contributed by atoms with E-state index in [1.165, 1.54) is 0 Å². The normalized spacial score (nSPS) is 21.1. The topological polar surface area (TPSA) is 124 Å². The molecule has 1 N–H and O–H groups in total. The monoisotopic (exact) mass is 615 g/mol. The number of hydrogen-bond donors (Lipinski definition) is 1. The zero-order chi connectivity index (χ0) is 30.3. The molecule has 3 aromatic heterocycles. The first-order valence-electron chi connectivity index (χ1n) is 14.5. The smallest absolute Gasteiger partial charge is 0.413 e. The molecule has 14 heteroatoms. The molecule has 0 radical (unpaired) electrons. The Hall–Kier alpha value is -3.55. The van der Waals surface area contributed by atoms with E-state index in [1.807, 2.05) is 17.9 Å². The second-order valence-electron chi connectivity index (χ2n) is 11.9. The van der Waals surface area contributed by atoms with E-state index in [-0.39, 0.29) is 35.2 Å². The largest absolute Gasteiger partial charge is 0.475 e. The Morgan fingerprint density at radius 2 is 2.07 bits per heavy atom. The lowest BCUT2D eigenvalue weighted by Crippen LogP contribution is -2.46. The number of nitrogens with zero attached hydrogens (tertiary/aromatic N) is 6. The third-order valence-corrected chi connectivity index (χ3v) is 8.12. The summed E-state index contributed by atoms with van der Waals surface area (Å²) in [5, 5.41) is 2.70. The van der Waals surface area contributed by atoms with E-state index >= 15 is 4.39 Å². The molecule has 0 bridgehead atoms. The third-order valence-electron chi connectivity index (χ3n) is 7.87. The summed E-state index contributed by atoms with van der Waals surface area (Å²) in [6, 6.07) is 3.83. The van der Waals surface area contributed by atoms with Gasteiger partial charge in [0.2, 0.25) is 5.88 Å². The second kappa shape index (κ2) is 11.9. The fourth-order valence-electron chi connectivity index (χ4n) is 5.90. The molecule has 3 aliphatic heterocycles. The van der Waals surface area contributed by atoms with Gasteiger partial charge in [0.05, 0.1) is 25.8 Å². The standard InChI is InChI=1S/C29H35ClFN7O5/c1-16(19-6-5-9-32-24(19)35-28(39)43-29(2,3)4)37-11-13-41-26-20-22(21(31)23(30)34-26)33-27(36-25(20)37)42-15-18-8-7-17-14-40-12-10-38(17)18/h5-6,9,16-18H,7-8,10-15H2,1-4H3,(H,32,35,39)/t16-,17+,18+/m1/s1. The van der Waals surface area contributed by atoms with Crippen LogP contribution in [0.4, 0.5) is 20.8 Å². The van der Waals surface area contributed by atoms with E-state index in [4.69, 9.17) is 35.5 Å². The van der Waals surface area contributed by atoms with Crippen molar-refractivity contribution in [3.63, 3.8) is 0 Å². The number of anilines is 2. The lowest BCUT2D eigenvalue weighted by atomic mass is 10.1. The molecule has 3 atom stereocenters. The highest BCUT2D eigenvalue weighted by Gasteiger charge is 2.36. The van der Waals surface area contributed by atoms with E-state index in [1.54, 1.807) is 33.0 Å². The van der Waals surface area contributed by atoms with Crippen molar-refractivity contribution >= 4 is 40.2 Å². The van der Waals surface area contributed by atoms with Gasteiger partial charge in [0.15, 0.2) is 11.0 Å². The van der Waals surface area contributed by atoms with Crippen LogP contribution in [0.2, 0.25) is 5.15 Å². The van der Waals surface area contributed by atoms with Crippen molar-refractivity contribution in [3.05, 3.63) is 34.9 Å². The molecule has 2 saturated heterocycles. The lowest BCUT2D eigenvalue weighted by Gasteiger charge is -2.33. The number of fused-ring (bicyclic) bond motifs is 1. The van der Waals surface area contributed by atoms with E-state index in [0.29, 0.717) is 48.4 Å². The summed E-state index contributed by atoms with van der Waals surface area (Å²) in [6.45, 7) is 10.5. The molecule has 6 rings (SSSR count). The van der Waals surface area contributed by atoms with Crippen LogP contribution in [0.1, 0.15) is 52.1 Å². The van der Waals surface area contributed by atoms with Crippen molar-refractivity contribution in [1.29, 1.82) is 0 Å². The van der Waals surface area contributed by atoms with Crippen molar-refractivity contribution < 1.29 is 28.1 Å². The van der Waals surface area contributed by atoms with Gasteiger partial charge in [0, 0.05) is 30.4 Å². The SMILES string of the molecule is C[C@H](c1cccnc1NC(=O)OC(C)(C)C)N1CCOc2nc(Cl)c(F)c3nc(OC[C@@H]4CC[C@H]5COCCN54)nc1c23. The minimum atomic E-state index is -0.783. The molecule has 230 valence electrons. The molecule has 12 nitrogen and oxygen atoms in total. The van der Waals surface area contributed by atoms with Crippen molar-refractivity contribution in [2.24, 2.45) is 0 Å². The molecule has 0 unspecified atom stereocenters. The van der Waals surface area contributed by atoms with Gasteiger partial charge in [-0.2, -0.15) is 15.0 Å². The van der Waals surface area contributed by atoms with Gasteiger partial charge >= 0.3 is 12.1 Å². The third kappa shape index (κ3) is 6.11. The molecule has 1 amide bonds. The number of aromatic nitrogens is 4. The van der Waals surface area contributed by atoms with Crippen LogP contribution in [-0.4, -0.2) is 88.1 Å². The zero-order valence-electron chi connectivity index (χ0n) is 24.6. The Morgan fingerprint density at radius 1 is 1.23 bits per heavy atom. The highest BCUT2D eigenvalue weighted by Crippen LogP contribution is 2.41. The Morgan fingerprint density at radius 3 is 2.88 bits per heavy atom. The summed E-state index contributed by atoms with van der Waals surface area (Å²) >= 11 is 6.16. The molecule has 0 aliphatic carbocycles. The summed E-state index contributed by atoms with van der Waals surface area (Å²) in [7, 11) is 0. The van der Waals surface area contributed by atoms with Crippen LogP contribution in [0, 0.1) is 5.82 Å². The molecule has 3 aliphatic rings. The number of ether oxygens (including phenoxy) is 4. The number of pyridine rings is 2. The molecular weight excluding hydrogens is 581 g/mol. The van der Waals surface area contributed by atoms with Gasteiger partial charge in [-0.15, -0.1) is 0 Å². The average Bonchev–Trinajstić information content (AvgIpc) is 3.29. The Bertz CT molecular complexity index is 1520. The first-order valence-corrected chi connectivity index (χ1v) is 14.8. The summed E-state index contributed by atoms with van der Waals surface area (Å²) in [5.41, 5.74) is -0.0280. The van der Waals surface area contributed by atoms with Crippen LogP contribution in [0.25, 0.3) is 10.9 Å². The van der Waals surface area contributed by atoms with Gasteiger partial charge in [-0.1, -0.05) is 17.7 Å². The van der Waals surface area contributed by atoms with Crippen LogP contribution >= 0.6 is 11.6 Å². The van der Waals surface area contributed by atoms with Crippen molar-refractivity contribution in [2.45, 2.75) is 64.3 Å². The number of morpholine rings is 1. The molecule has 0 spiro atoms. The number of amides is 1. The summed E-state index contributed by atoms with van der Waals surface area (Å²) in [5.74, 6) is 0.0709. The Balaban J connectivity index is 1.35. The fraction of sp³-hybridized carbons (Fsp3) is 0.552. The van der Waals surface area contributed by atoms with Crippen molar-refractivity contribution in [1.82, 2.24) is 24.8 Å². The van der Waals surface area contributed by atoms with E-state index in [0.717, 1.165) is 26.0 Å². The number of nitrogens with one attached hydrogen (secondary N) is 1. The first kappa shape index (κ1) is 29.5. The van der Waals surface area contributed by atoms with Gasteiger partial charge in [-0.25, -0.2) is 14.2 Å². The number of halogens is 2. The van der Waals surface area contributed by atoms with Crippen LogP contribution in [0.15, 0.2) is 18.3 Å². The minimum absolute atomic E-state index is 0.0312. The Kier molecular flexibility index (Phi) is 8.14. The van der Waals surface area contributed by atoms with Gasteiger partial charge in [0.25, 0.3) is 0 Å². The maximum absolute atomic E-state index is 15.5. The average molecular weight is 616 g/mol. The quantitative estimate of drug-likeness (QED) is 0.386. The van der Waals surface area contributed by atoms with E-state index in [9.17, 15) is 4.79 Å². The molecule has 0 saturated carbocycles. The van der Waals surface area contributed by atoms with Crippen LogP contribution in [0.3, 0.4) is 0 Å². The number of hydrogen-bond acceptors (Lipinski definition) is 11. The minimum Gasteiger partial charge on any atom is -0.475 e. The molecule has 3 aromatic rings. The van der Waals surface area contributed by atoms with Crippen LogP contribution in [0.5, 0.6) is 11.9 Å². The molecule has 6 heterocycles. The zero-order valence-corrected chi connectivity index (χ0v) is 25.4. The predicted octanol–water partition coefficient (Wildman–Crippen LogP) is 4.76. The maximum atomic E-state index is 15.5. The van der Waals surface area contributed by atoms with E-state index in [2.05, 4.69) is 25.2 Å². The Labute approximate surface area is 253 Å². The molecule has 0 aromatic carbocycles. The molecule has 43 heavy (non-hydrogen) atoms. The first-order chi connectivity index (χ1) is 20.6. The number of rotatable bonds is 6. The van der Waals surface area contributed by atoms with Crippen LogP contribution < -0.4 is 19.7 Å². The van der Waals surface area contributed by atoms with Crippen LogP contribution in [-0.2, 0) is 9.47 Å². The molecular formula is C29H35ClFN7O5. The van der Waals surface area contributed by atoms with Gasteiger partial charge in [0.1, 0.15) is 41.4 Å². The second-order valence-corrected chi connectivity index (χ2v) is 12.2. The van der Waals surface area contributed by atoms with Gasteiger partial charge in [-0.3, -0.25) is 10.2 Å². The summed E-state index contributed by atoms with van der Waals surface area (Å²) in [6.07, 6.45) is 2.96. The lowest BCUT2D eigenvalue weighted by molar-refractivity contribution is -0.0101. The number of carbonyl (C=O) groups is 1. The van der Waals surface area contributed by atoms with Gasteiger partial charge < -0.3 is 23.8 Å². The van der Waals surface area contributed by atoms with Crippen molar-refractivity contribution in [3.8, 4) is 11.9 Å². The highest BCUT2D eigenvalue weighted by atomic mass is 35.5.